The Bertz CT molecular complexity index is 830. The van der Waals surface area contributed by atoms with E-state index in [0.717, 1.165) is 12.1 Å². The summed E-state index contributed by atoms with van der Waals surface area (Å²) >= 11 is 0. The number of rotatable bonds is 3. The number of esters is 2. The average Bonchev–Trinajstić information content (AvgIpc) is 2.47. The molecule has 0 aliphatic rings. The van der Waals surface area contributed by atoms with Gasteiger partial charge in [0.25, 0.3) is 10.1 Å². The van der Waals surface area contributed by atoms with Crippen LogP contribution in [0.5, 0.6) is 0 Å². The number of hydrogen-bond acceptors (Lipinski definition) is 5. The second-order valence-corrected chi connectivity index (χ2v) is 5.55. The van der Waals surface area contributed by atoms with Crippen LogP contribution in [-0.4, -0.2) is 24.9 Å². The lowest BCUT2D eigenvalue weighted by Crippen LogP contribution is -2.16. The highest BCUT2D eigenvalue weighted by molar-refractivity contribution is 7.86. The summed E-state index contributed by atoms with van der Waals surface area (Å²) in [5.74, 6) is -3.30. The third-order valence-electron chi connectivity index (χ3n) is 2.64. The standard InChI is InChI=1S/C14H9FO6S/c15-10-6-7-11(12(8-10)22(18,19)20)14(17)21-13(16)9-4-2-1-3-5-9/h1-8H,(H,18,19,20). The van der Waals surface area contributed by atoms with E-state index in [9.17, 15) is 22.4 Å². The zero-order chi connectivity index (χ0) is 16.3. The molecule has 0 aliphatic carbocycles. The van der Waals surface area contributed by atoms with E-state index in [2.05, 4.69) is 4.74 Å². The molecule has 0 amide bonds. The number of ether oxygens (including phenoxy) is 1. The Hall–Kier alpha value is -2.58. The van der Waals surface area contributed by atoms with Gasteiger partial charge in [-0.25, -0.2) is 14.0 Å². The molecule has 0 fully saturated rings. The van der Waals surface area contributed by atoms with Crippen LogP contribution in [0.1, 0.15) is 20.7 Å². The molecule has 0 saturated carbocycles. The highest BCUT2D eigenvalue weighted by Gasteiger charge is 2.24. The molecule has 0 unspecified atom stereocenters. The lowest BCUT2D eigenvalue weighted by Gasteiger charge is -2.07. The normalized spacial score (nSPS) is 11.0. The first-order valence-electron chi connectivity index (χ1n) is 5.87. The molecule has 0 bridgehead atoms. The van der Waals surface area contributed by atoms with E-state index in [-0.39, 0.29) is 5.56 Å². The third kappa shape index (κ3) is 3.54. The topological polar surface area (TPSA) is 97.7 Å². The summed E-state index contributed by atoms with van der Waals surface area (Å²) < 4.78 is 48.9. The van der Waals surface area contributed by atoms with Crippen molar-refractivity contribution < 1.29 is 31.7 Å². The maximum absolute atomic E-state index is 13.1. The third-order valence-corrected chi connectivity index (χ3v) is 3.53. The van der Waals surface area contributed by atoms with Crippen LogP contribution in [0.3, 0.4) is 0 Å². The fourth-order valence-corrected chi connectivity index (χ4v) is 2.34. The van der Waals surface area contributed by atoms with Crippen molar-refractivity contribution in [3.8, 4) is 0 Å². The van der Waals surface area contributed by atoms with E-state index in [0.29, 0.717) is 6.07 Å². The van der Waals surface area contributed by atoms with Gasteiger partial charge in [0, 0.05) is 0 Å². The molecule has 0 atom stereocenters. The molecular formula is C14H9FO6S. The second kappa shape index (κ2) is 6.04. The minimum absolute atomic E-state index is 0.0753. The summed E-state index contributed by atoms with van der Waals surface area (Å²) in [4.78, 5) is 22.6. The minimum atomic E-state index is -4.85. The van der Waals surface area contributed by atoms with Crippen LogP contribution in [0.4, 0.5) is 4.39 Å². The molecule has 0 aromatic heterocycles. The molecular weight excluding hydrogens is 315 g/mol. The molecule has 0 heterocycles. The van der Waals surface area contributed by atoms with Gasteiger partial charge in [0.15, 0.2) is 0 Å². The van der Waals surface area contributed by atoms with Gasteiger partial charge in [0.05, 0.1) is 11.1 Å². The summed E-state index contributed by atoms with van der Waals surface area (Å²) in [6, 6.07) is 9.59. The highest BCUT2D eigenvalue weighted by Crippen LogP contribution is 2.18. The van der Waals surface area contributed by atoms with Crippen molar-refractivity contribution in [2.45, 2.75) is 4.90 Å². The zero-order valence-electron chi connectivity index (χ0n) is 10.9. The monoisotopic (exact) mass is 324 g/mol. The highest BCUT2D eigenvalue weighted by atomic mass is 32.2. The van der Waals surface area contributed by atoms with Crippen LogP contribution < -0.4 is 0 Å². The van der Waals surface area contributed by atoms with Gasteiger partial charge < -0.3 is 4.74 Å². The fourth-order valence-electron chi connectivity index (χ4n) is 1.65. The van der Waals surface area contributed by atoms with Gasteiger partial charge in [-0.2, -0.15) is 8.42 Å². The van der Waals surface area contributed by atoms with Crippen LogP contribution >= 0.6 is 0 Å². The van der Waals surface area contributed by atoms with Crippen LogP contribution in [-0.2, 0) is 14.9 Å². The smallest absolute Gasteiger partial charge is 0.347 e. The number of halogens is 1. The number of benzene rings is 2. The SMILES string of the molecule is O=C(OC(=O)c1ccc(F)cc1S(=O)(=O)O)c1ccccc1. The first kappa shape index (κ1) is 15.8. The van der Waals surface area contributed by atoms with Crippen LogP contribution in [0, 0.1) is 5.82 Å². The second-order valence-electron chi connectivity index (χ2n) is 4.16. The Morgan fingerprint density at radius 3 is 2.23 bits per heavy atom. The molecule has 2 rings (SSSR count). The Balaban J connectivity index is 2.33. The van der Waals surface area contributed by atoms with E-state index in [1.54, 1.807) is 18.2 Å². The molecule has 0 saturated heterocycles. The Kier molecular flexibility index (Phi) is 4.34. The number of carbonyl (C=O) groups is 2. The van der Waals surface area contributed by atoms with Gasteiger partial charge in [-0.05, 0) is 30.3 Å². The zero-order valence-corrected chi connectivity index (χ0v) is 11.7. The lowest BCUT2D eigenvalue weighted by molar-refractivity contribution is 0.0394. The van der Waals surface area contributed by atoms with Gasteiger partial charge in [-0.1, -0.05) is 18.2 Å². The van der Waals surface area contributed by atoms with Crippen LogP contribution in [0.15, 0.2) is 53.4 Å². The van der Waals surface area contributed by atoms with Crippen molar-refractivity contribution in [3.63, 3.8) is 0 Å². The molecule has 2 aromatic carbocycles. The number of hydrogen-bond donors (Lipinski definition) is 1. The summed E-state index contributed by atoms with van der Waals surface area (Å²) in [5.41, 5.74) is -0.570. The maximum atomic E-state index is 13.1. The first-order chi connectivity index (χ1) is 10.3. The van der Waals surface area contributed by atoms with Gasteiger partial charge in [0.2, 0.25) is 0 Å². The maximum Gasteiger partial charge on any atom is 0.347 e. The van der Waals surface area contributed by atoms with Crippen molar-refractivity contribution in [1.82, 2.24) is 0 Å². The minimum Gasteiger partial charge on any atom is -0.386 e. The van der Waals surface area contributed by atoms with Crippen molar-refractivity contribution in [1.29, 1.82) is 0 Å². The molecule has 6 nitrogen and oxygen atoms in total. The number of carbonyl (C=O) groups excluding carboxylic acids is 2. The summed E-state index contributed by atoms with van der Waals surface area (Å²) in [5, 5.41) is 0. The largest absolute Gasteiger partial charge is 0.386 e. The molecule has 1 N–H and O–H groups in total. The summed E-state index contributed by atoms with van der Waals surface area (Å²) in [6.45, 7) is 0. The Labute approximate surface area is 124 Å². The molecule has 0 radical (unpaired) electrons. The summed E-state index contributed by atoms with van der Waals surface area (Å²) in [6.07, 6.45) is 0. The van der Waals surface area contributed by atoms with Crippen molar-refractivity contribution >= 4 is 22.1 Å². The van der Waals surface area contributed by atoms with Crippen LogP contribution in [0.2, 0.25) is 0 Å². The molecule has 114 valence electrons. The molecule has 2 aromatic rings. The van der Waals surface area contributed by atoms with E-state index < -0.39 is 38.3 Å². The van der Waals surface area contributed by atoms with Crippen LogP contribution in [0.25, 0.3) is 0 Å². The molecule has 8 heteroatoms. The van der Waals surface area contributed by atoms with E-state index in [1.165, 1.54) is 12.1 Å². The molecule has 0 spiro atoms. The quantitative estimate of drug-likeness (QED) is 0.527. The van der Waals surface area contributed by atoms with Crippen molar-refractivity contribution in [2.24, 2.45) is 0 Å². The van der Waals surface area contributed by atoms with Gasteiger partial charge in [-0.15, -0.1) is 0 Å². The van der Waals surface area contributed by atoms with E-state index in [1.807, 2.05) is 0 Å². The van der Waals surface area contributed by atoms with E-state index in [4.69, 9.17) is 4.55 Å². The van der Waals surface area contributed by atoms with Crippen molar-refractivity contribution in [2.75, 3.05) is 0 Å². The predicted molar refractivity (Wildman–Crippen MR) is 72.4 cm³/mol. The molecule has 22 heavy (non-hydrogen) atoms. The Morgan fingerprint density at radius 2 is 1.64 bits per heavy atom. The van der Waals surface area contributed by atoms with Gasteiger partial charge >= 0.3 is 11.9 Å². The molecule has 0 aliphatic heterocycles. The first-order valence-corrected chi connectivity index (χ1v) is 7.31. The summed E-state index contributed by atoms with van der Waals surface area (Å²) in [7, 11) is -4.85. The van der Waals surface area contributed by atoms with Gasteiger partial charge in [-0.3, -0.25) is 4.55 Å². The van der Waals surface area contributed by atoms with Crippen molar-refractivity contribution in [3.05, 3.63) is 65.5 Å². The fraction of sp³-hybridized carbons (Fsp3) is 0. The lowest BCUT2D eigenvalue weighted by atomic mass is 10.2. The average molecular weight is 324 g/mol. The predicted octanol–water partition coefficient (Wildman–Crippen LogP) is 2.07. The van der Waals surface area contributed by atoms with Gasteiger partial charge in [0.1, 0.15) is 10.7 Å². The Morgan fingerprint density at radius 1 is 1.00 bits per heavy atom. The van der Waals surface area contributed by atoms with E-state index >= 15 is 0 Å².